The summed E-state index contributed by atoms with van der Waals surface area (Å²) in [5.74, 6) is -0.614. The van der Waals surface area contributed by atoms with Crippen LogP contribution in [0.1, 0.15) is 19.4 Å². The molecular weight excluding hydrogens is 468 g/mol. The standard InChI is InChI=1S/C24H26N6O4S/c1-5-17(16(3)31)14-30-15-26-21-11-10-18(12-19(21)24(30)32)27-22-8-7-9-23(20(22)13-25)28-35(33,34)29(4)6-2/h5,7-12,15,17,27-28H,1,6,14H2,2-4H3. The molecule has 0 aliphatic rings. The van der Waals surface area contributed by atoms with Crippen molar-refractivity contribution in [3.8, 4) is 6.07 Å². The lowest BCUT2D eigenvalue weighted by Crippen LogP contribution is -2.32. The van der Waals surface area contributed by atoms with Crippen molar-refractivity contribution in [1.29, 1.82) is 5.26 Å². The molecule has 2 aromatic carbocycles. The van der Waals surface area contributed by atoms with Gasteiger partial charge in [0.05, 0.1) is 40.1 Å². The largest absolute Gasteiger partial charge is 0.354 e. The van der Waals surface area contributed by atoms with Crippen molar-refractivity contribution in [2.75, 3.05) is 23.6 Å². The van der Waals surface area contributed by atoms with E-state index >= 15 is 0 Å². The summed E-state index contributed by atoms with van der Waals surface area (Å²) in [5, 5.41) is 13.1. The summed E-state index contributed by atoms with van der Waals surface area (Å²) in [5.41, 5.74) is 1.24. The predicted octanol–water partition coefficient (Wildman–Crippen LogP) is 3.01. The number of nitriles is 1. The van der Waals surface area contributed by atoms with Gasteiger partial charge in [-0.15, -0.1) is 6.58 Å². The number of aromatic nitrogens is 2. The van der Waals surface area contributed by atoms with Gasteiger partial charge < -0.3 is 5.32 Å². The maximum Gasteiger partial charge on any atom is 0.301 e. The third-order valence-corrected chi connectivity index (χ3v) is 7.13. The Labute approximate surface area is 203 Å². The molecule has 10 nitrogen and oxygen atoms in total. The zero-order valence-electron chi connectivity index (χ0n) is 19.6. The van der Waals surface area contributed by atoms with Crippen molar-refractivity contribution in [2.45, 2.75) is 20.4 Å². The molecule has 35 heavy (non-hydrogen) atoms. The fraction of sp³-hybridized carbons (Fsp3) is 0.250. The van der Waals surface area contributed by atoms with E-state index in [1.54, 1.807) is 37.3 Å². The molecule has 0 aliphatic heterocycles. The van der Waals surface area contributed by atoms with Gasteiger partial charge in [0.25, 0.3) is 5.56 Å². The number of carbonyl (C=O) groups is 1. The Kier molecular flexibility index (Phi) is 7.68. The van der Waals surface area contributed by atoms with Crippen LogP contribution < -0.4 is 15.6 Å². The van der Waals surface area contributed by atoms with Crippen molar-refractivity contribution in [3.05, 3.63) is 71.3 Å². The number of nitrogens with one attached hydrogen (secondary N) is 2. The average molecular weight is 495 g/mol. The first-order valence-corrected chi connectivity index (χ1v) is 12.2. The van der Waals surface area contributed by atoms with Crippen molar-refractivity contribution < 1.29 is 13.2 Å². The van der Waals surface area contributed by atoms with E-state index in [1.807, 2.05) is 6.07 Å². The number of hydrogen-bond donors (Lipinski definition) is 2. The molecule has 3 rings (SSSR count). The monoisotopic (exact) mass is 494 g/mol. The first-order valence-electron chi connectivity index (χ1n) is 10.8. The van der Waals surface area contributed by atoms with Gasteiger partial charge >= 0.3 is 10.2 Å². The lowest BCUT2D eigenvalue weighted by Gasteiger charge is -2.18. The Morgan fingerprint density at radius 3 is 2.66 bits per heavy atom. The molecule has 11 heteroatoms. The lowest BCUT2D eigenvalue weighted by atomic mass is 10.1. The van der Waals surface area contributed by atoms with Gasteiger partial charge in [-0.1, -0.05) is 19.1 Å². The summed E-state index contributed by atoms with van der Waals surface area (Å²) in [6.07, 6.45) is 2.90. The van der Waals surface area contributed by atoms with Crippen molar-refractivity contribution >= 4 is 44.0 Å². The number of carbonyl (C=O) groups excluding carboxylic acids is 1. The number of benzene rings is 2. The van der Waals surface area contributed by atoms with Crippen LogP contribution in [0.4, 0.5) is 17.1 Å². The number of allylic oxidation sites excluding steroid dienone is 1. The summed E-state index contributed by atoms with van der Waals surface area (Å²) in [4.78, 5) is 29.1. The molecule has 1 atom stereocenters. The molecule has 182 valence electrons. The Bertz CT molecular complexity index is 1490. The Morgan fingerprint density at radius 2 is 2.03 bits per heavy atom. The topological polar surface area (TPSA) is 137 Å². The SMILES string of the molecule is C=CC(Cn1cnc2ccc(Nc3cccc(NS(=O)(=O)N(C)CC)c3C#N)cc2c1=O)C(C)=O. The molecule has 3 aromatic rings. The van der Waals surface area contributed by atoms with Crippen LogP contribution >= 0.6 is 0 Å². The molecule has 1 unspecified atom stereocenters. The van der Waals surface area contributed by atoms with Crippen molar-refractivity contribution in [1.82, 2.24) is 13.9 Å². The molecule has 2 N–H and O–H groups in total. The zero-order chi connectivity index (χ0) is 25.8. The molecule has 0 saturated carbocycles. The molecule has 0 fully saturated rings. The van der Waals surface area contributed by atoms with E-state index in [1.165, 1.54) is 37.0 Å². The first-order chi connectivity index (χ1) is 16.6. The van der Waals surface area contributed by atoms with E-state index < -0.39 is 16.1 Å². The van der Waals surface area contributed by atoms with Gasteiger partial charge in [0.2, 0.25) is 0 Å². The van der Waals surface area contributed by atoms with Gasteiger partial charge in [-0.05, 0) is 37.3 Å². The summed E-state index contributed by atoms with van der Waals surface area (Å²) in [6, 6.07) is 11.7. The number of nitrogens with zero attached hydrogens (tertiary/aromatic N) is 4. The summed E-state index contributed by atoms with van der Waals surface area (Å²) in [6.45, 7) is 7.18. The molecular formula is C24H26N6O4S. The molecule has 1 aromatic heterocycles. The number of ketones is 1. The Morgan fingerprint density at radius 1 is 1.31 bits per heavy atom. The highest BCUT2D eigenvalue weighted by atomic mass is 32.2. The fourth-order valence-electron chi connectivity index (χ4n) is 3.35. The van der Waals surface area contributed by atoms with Crippen molar-refractivity contribution in [2.24, 2.45) is 5.92 Å². The Hall–Kier alpha value is -4.01. The number of Topliss-reactive ketones (excluding diaryl/α,β-unsaturated/α-hetero) is 1. The maximum absolute atomic E-state index is 13.0. The molecule has 0 spiro atoms. The molecule has 1 heterocycles. The van der Waals surface area contributed by atoms with E-state index in [0.29, 0.717) is 22.3 Å². The molecule has 0 aliphatic carbocycles. The van der Waals surface area contributed by atoms with Crippen LogP contribution in [0.3, 0.4) is 0 Å². The summed E-state index contributed by atoms with van der Waals surface area (Å²) in [7, 11) is -2.39. The Balaban J connectivity index is 1.98. The number of anilines is 3. The highest BCUT2D eigenvalue weighted by molar-refractivity contribution is 7.90. The zero-order valence-corrected chi connectivity index (χ0v) is 20.5. The molecule has 0 amide bonds. The fourth-order valence-corrected chi connectivity index (χ4v) is 4.30. The van der Waals surface area contributed by atoms with Crippen LogP contribution in [-0.2, 0) is 21.5 Å². The minimum atomic E-state index is -3.82. The third kappa shape index (κ3) is 5.56. The number of fused-ring (bicyclic) bond motifs is 1. The quantitative estimate of drug-likeness (QED) is 0.413. The minimum absolute atomic E-state index is 0.0968. The number of hydrogen-bond acceptors (Lipinski definition) is 7. The smallest absolute Gasteiger partial charge is 0.301 e. The van der Waals surface area contributed by atoms with Gasteiger partial charge in [0, 0.05) is 25.8 Å². The van der Waals surface area contributed by atoms with Gasteiger partial charge in [0.15, 0.2) is 0 Å². The van der Waals surface area contributed by atoms with Crippen molar-refractivity contribution in [3.63, 3.8) is 0 Å². The first kappa shape index (κ1) is 25.6. The van der Waals surface area contributed by atoms with Crippen LogP contribution in [0.15, 0.2) is 60.2 Å². The van der Waals surface area contributed by atoms with E-state index in [9.17, 15) is 23.3 Å². The van der Waals surface area contributed by atoms with Gasteiger partial charge in [-0.25, -0.2) is 4.98 Å². The van der Waals surface area contributed by atoms with Crippen LogP contribution in [0.5, 0.6) is 0 Å². The third-order valence-electron chi connectivity index (χ3n) is 5.57. The predicted molar refractivity (Wildman–Crippen MR) is 136 cm³/mol. The van der Waals surface area contributed by atoms with Crippen LogP contribution in [0, 0.1) is 17.2 Å². The number of rotatable bonds is 10. The summed E-state index contributed by atoms with van der Waals surface area (Å²) < 4.78 is 29.8. The highest BCUT2D eigenvalue weighted by Crippen LogP contribution is 2.28. The second-order valence-electron chi connectivity index (χ2n) is 7.87. The molecule has 0 bridgehead atoms. The van der Waals surface area contributed by atoms with E-state index in [4.69, 9.17) is 0 Å². The van der Waals surface area contributed by atoms with Gasteiger partial charge in [-0.2, -0.15) is 18.0 Å². The summed E-state index contributed by atoms with van der Waals surface area (Å²) >= 11 is 0. The van der Waals surface area contributed by atoms with Gasteiger partial charge in [0.1, 0.15) is 11.9 Å². The normalized spacial score (nSPS) is 12.2. The van der Waals surface area contributed by atoms with Crippen LogP contribution in [0.25, 0.3) is 10.9 Å². The minimum Gasteiger partial charge on any atom is -0.354 e. The van der Waals surface area contributed by atoms with Crippen LogP contribution in [0.2, 0.25) is 0 Å². The average Bonchev–Trinajstić information content (AvgIpc) is 2.83. The van der Waals surface area contributed by atoms with Crippen LogP contribution in [-0.4, -0.2) is 41.6 Å². The highest BCUT2D eigenvalue weighted by Gasteiger charge is 2.19. The maximum atomic E-state index is 13.0. The molecule has 0 saturated heterocycles. The lowest BCUT2D eigenvalue weighted by molar-refractivity contribution is -0.119. The van der Waals surface area contributed by atoms with Gasteiger partial charge in [-0.3, -0.25) is 18.9 Å². The van der Waals surface area contributed by atoms with E-state index in [0.717, 1.165) is 4.31 Å². The van der Waals surface area contributed by atoms with E-state index in [-0.39, 0.29) is 35.7 Å². The second kappa shape index (κ2) is 10.5. The van der Waals surface area contributed by atoms with E-state index in [2.05, 4.69) is 21.6 Å². The molecule has 0 radical (unpaired) electrons. The second-order valence-corrected chi connectivity index (χ2v) is 9.65.